The molecule has 0 aliphatic carbocycles. The Morgan fingerprint density at radius 2 is 2.28 bits per heavy atom. The zero-order valence-electron chi connectivity index (χ0n) is 10.1. The van der Waals surface area contributed by atoms with Gasteiger partial charge in [0.25, 0.3) is 0 Å². The van der Waals surface area contributed by atoms with Crippen LogP contribution in [0.2, 0.25) is 0 Å². The van der Waals surface area contributed by atoms with Crippen molar-refractivity contribution in [2.75, 3.05) is 11.5 Å². The molecule has 5 heteroatoms. The second-order valence-electron chi connectivity index (χ2n) is 4.65. The van der Waals surface area contributed by atoms with E-state index in [1.807, 2.05) is 18.2 Å². The van der Waals surface area contributed by atoms with E-state index in [0.717, 1.165) is 18.4 Å². The SMILES string of the molecule is N#Cc1cccc(CNC2CCCS(=O)(=O)C2)c1. The molecule has 2 rings (SSSR count). The maximum Gasteiger partial charge on any atom is 0.151 e. The Balaban J connectivity index is 1.93. The van der Waals surface area contributed by atoms with Gasteiger partial charge in [-0.05, 0) is 30.5 Å². The summed E-state index contributed by atoms with van der Waals surface area (Å²) in [6.07, 6.45) is 1.63. The summed E-state index contributed by atoms with van der Waals surface area (Å²) in [7, 11) is -2.86. The highest BCUT2D eigenvalue weighted by atomic mass is 32.2. The second kappa shape index (κ2) is 5.51. The van der Waals surface area contributed by atoms with Gasteiger partial charge in [-0.15, -0.1) is 0 Å². The summed E-state index contributed by atoms with van der Waals surface area (Å²) in [5.41, 5.74) is 1.64. The molecule has 1 saturated heterocycles. The van der Waals surface area contributed by atoms with Crippen LogP contribution in [0, 0.1) is 11.3 Å². The second-order valence-corrected chi connectivity index (χ2v) is 6.88. The molecule has 1 aromatic carbocycles. The fourth-order valence-corrected chi connectivity index (χ4v) is 3.87. The Hall–Kier alpha value is -1.38. The summed E-state index contributed by atoms with van der Waals surface area (Å²) in [6.45, 7) is 0.607. The third kappa shape index (κ3) is 3.56. The van der Waals surface area contributed by atoms with Gasteiger partial charge in [0.2, 0.25) is 0 Å². The van der Waals surface area contributed by atoms with E-state index in [1.54, 1.807) is 6.07 Å². The number of hydrogen-bond acceptors (Lipinski definition) is 4. The van der Waals surface area contributed by atoms with Gasteiger partial charge in [-0.25, -0.2) is 8.42 Å². The molecule has 0 aromatic heterocycles. The van der Waals surface area contributed by atoms with Crippen molar-refractivity contribution >= 4 is 9.84 Å². The Morgan fingerprint density at radius 3 is 3.00 bits per heavy atom. The van der Waals surface area contributed by atoms with Crippen LogP contribution in [0.15, 0.2) is 24.3 Å². The lowest BCUT2D eigenvalue weighted by molar-refractivity contribution is 0.480. The first-order valence-corrected chi connectivity index (χ1v) is 7.84. The van der Waals surface area contributed by atoms with Gasteiger partial charge in [-0.2, -0.15) is 5.26 Å². The zero-order chi connectivity index (χ0) is 13.0. The van der Waals surface area contributed by atoms with E-state index in [4.69, 9.17) is 5.26 Å². The molecular formula is C13H16N2O2S. The van der Waals surface area contributed by atoms with Gasteiger partial charge in [-0.3, -0.25) is 0 Å². The first-order valence-electron chi connectivity index (χ1n) is 6.02. The smallest absolute Gasteiger partial charge is 0.151 e. The van der Waals surface area contributed by atoms with Crippen LogP contribution in [0.1, 0.15) is 24.0 Å². The lowest BCUT2D eigenvalue weighted by Crippen LogP contribution is -2.39. The van der Waals surface area contributed by atoms with E-state index < -0.39 is 9.84 Å². The van der Waals surface area contributed by atoms with Gasteiger partial charge < -0.3 is 5.32 Å². The van der Waals surface area contributed by atoms with Gasteiger partial charge in [0, 0.05) is 12.6 Å². The maximum atomic E-state index is 11.5. The predicted molar refractivity (Wildman–Crippen MR) is 69.7 cm³/mol. The number of nitrogens with one attached hydrogen (secondary N) is 1. The highest BCUT2D eigenvalue weighted by Crippen LogP contribution is 2.13. The van der Waals surface area contributed by atoms with Crippen LogP contribution in [0.25, 0.3) is 0 Å². The first kappa shape index (κ1) is 13.1. The summed E-state index contributed by atoms with van der Waals surface area (Å²) in [4.78, 5) is 0. The molecule has 0 radical (unpaired) electrons. The van der Waals surface area contributed by atoms with Gasteiger partial charge in [0.1, 0.15) is 0 Å². The highest BCUT2D eigenvalue weighted by Gasteiger charge is 2.23. The summed E-state index contributed by atoms with van der Waals surface area (Å²) >= 11 is 0. The van der Waals surface area contributed by atoms with Gasteiger partial charge >= 0.3 is 0 Å². The molecule has 1 aromatic rings. The monoisotopic (exact) mass is 264 g/mol. The highest BCUT2D eigenvalue weighted by molar-refractivity contribution is 7.91. The molecule has 0 saturated carbocycles. The quantitative estimate of drug-likeness (QED) is 0.891. The molecule has 1 fully saturated rings. The van der Waals surface area contributed by atoms with Gasteiger partial charge in [0.15, 0.2) is 9.84 Å². The molecule has 1 unspecified atom stereocenters. The number of benzene rings is 1. The zero-order valence-corrected chi connectivity index (χ0v) is 10.9. The van der Waals surface area contributed by atoms with Crippen molar-refractivity contribution in [2.24, 2.45) is 0 Å². The molecule has 96 valence electrons. The van der Waals surface area contributed by atoms with Crippen molar-refractivity contribution in [3.05, 3.63) is 35.4 Å². The van der Waals surface area contributed by atoms with Crippen LogP contribution in [0.3, 0.4) is 0 Å². The Labute approximate surface area is 108 Å². The lowest BCUT2D eigenvalue weighted by Gasteiger charge is -2.23. The molecule has 1 aliphatic rings. The van der Waals surface area contributed by atoms with E-state index in [0.29, 0.717) is 17.9 Å². The first-order chi connectivity index (χ1) is 8.59. The Morgan fingerprint density at radius 1 is 1.44 bits per heavy atom. The van der Waals surface area contributed by atoms with Gasteiger partial charge in [-0.1, -0.05) is 12.1 Å². The summed E-state index contributed by atoms with van der Waals surface area (Å²) in [5.74, 6) is 0.542. The van der Waals surface area contributed by atoms with Crippen LogP contribution < -0.4 is 5.32 Å². The number of rotatable bonds is 3. The summed E-state index contributed by atoms with van der Waals surface area (Å²) < 4.78 is 23.0. The average Bonchev–Trinajstić information content (AvgIpc) is 2.35. The van der Waals surface area contributed by atoms with E-state index in [2.05, 4.69) is 11.4 Å². The molecule has 1 aliphatic heterocycles. The standard InChI is InChI=1S/C13H16N2O2S/c14-8-11-3-1-4-12(7-11)9-15-13-5-2-6-18(16,17)10-13/h1,3-4,7,13,15H,2,5-6,9-10H2. The van der Waals surface area contributed by atoms with Crippen LogP contribution in [-0.4, -0.2) is 26.0 Å². The summed E-state index contributed by atoms with van der Waals surface area (Å²) in [6, 6.07) is 9.49. The predicted octanol–water partition coefficient (Wildman–Crippen LogP) is 1.23. The van der Waals surface area contributed by atoms with Crippen molar-refractivity contribution in [3.63, 3.8) is 0 Å². The normalized spacial score (nSPS) is 22.3. The average molecular weight is 264 g/mol. The number of nitriles is 1. The molecule has 0 amide bonds. The third-order valence-electron chi connectivity index (χ3n) is 3.11. The topological polar surface area (TPSA) is 70.0 Å². The molecule has 1 heterocycles. The Bertz CT molecular complexity index is 561. The molecule has 1 N–H and O–H groups in total. The minimum atomic E-state index is -2.86. The third-order valence-corrected chi connectivity index (χ3v) is 4.93. The van der Waals surface area contributed by atoms with E-state index >= 15 is 0 Å². The molecular weight excluding hydrogens is 248 g/mol. The minimum absolute atomic E-state index is 0.0366. The van der Waals surface area contributed by atoms with E-state index in [-0.39, 0.29) is 11.8 Å². The lowest BCUT2D eigenvalue weighted by atomic mass is 10.1. The molecule has 1 atom stereocenters. The van der Waals surface area contributed by atoms with E-state index in [9.17, 15) is 8.42 Å². The van der Waals surface area contributed by atoms with Crippen molar-refractivity contribution in [3.8, 4) is 6.07 Å². The molecule has 4 nitrogen and oxygen atoms in total. The van der Waals surface area contributed by atoms with Crippen LogP contribution in [0.4, 0.5) is 0 Å². The van der Waals surface area contributed by atoms with Crippen molar-refractivity contribution < 1.29 is 8.42 Å². The molecule has 0 bridgehead atoms. The van der Waals surface area contributed by atoms with Crippen LogP contribution in [0.5, 0.6) is 0 Å². The van der Waals surface area contributed by atoms with Crippen LogP contribution in [-0.2, 0) is 16.4 Å². The van der Waals surface area contributed by atoms with Crippen molar-refractivity contribution in [1.29, 1.82) is 5.26 Å². The van der Waals surface area contributed by atoms with Crippen molar-refractivity contribution in [1.82, 2.24) is 5.32 Å². The number of sulfone groups is 1. The Kier molecular flexibility index (Phi) is 4.00. The fraction of sp³-hybridized carbons (Fsp3) is 0.462. The van der Waals surface area contributed by atoms with Gasteiger partial charge in [0.05, 0.1) is 23.1 Å². The van der Waals surface area contributed by atoms with Crippen LogP contribution >= 0.6 is 0 Å². The number of nitrogens with zero attached hydrogens (tertiary/aromatic N) is 1. The fourth-order valence-electron chi connectivity index (χ4n) is 2.20. The van der Waals surface area contributed by atoms with Crippen molar-refractivity contribution in [2.45, 2.75) is 25.4 Å². The minimum Gasteiger partial charge on any atom is -0.309 e. The largest absolute Gasteiger partial charge is 0.309 e. The van der Waals surface area contributed by atoms with E-state index in [1.165, 1.54) is 0 Å². The summed E-state index contributed by atoms with van der Waals surface area (Å²) in [5, 5.41) is 12.1. The maximum absolute atomic E-state index is 11.5. The molecule has 0 spiro atoms. The molecule has 18 heavy (non-hydrogen) atoms. The number of hydrogen-bond donors (Lipinski definition) is 1.